The number of rotatable bonds is 14. The van der Waals surface area contributed by atoms with Gasteiger partial charge < -0.3 is 42.7 Å². The number of amides is 4. The van der Waals surface area contributed by atoms with Crippen molar-refractivity contribution in [2.45, 2.75) is 43.4 Å². The summed E-state index contributed by atoms with van der Waals surface area (Å²) in [6, 6.07) is -5.84. The van der Waals surface area contributed by atoms with E-state index in [1.54, 1.807) is 0 Å². The first-order valence-corrected chi connectivity index (χ1v) is 9.17. The van der Waals surface area contributed by atoms with Crippen LogP contribution in [0.2, 0.25) is 0 Å². The zero-order valence-corrected chi connectivity index (χ0v) is 16.6. The first-order valence-electron chi connectivity index (χ1n) is 8.54. The summed E-state index contributed by atoms with van der Waals surface area (Å²) in [5, 5.41) is 33.0. The Labute approximate surface area is 176 Å². The predicted molar refractivity (Wildman–Crippen MR) is 103 cm³/mol. The lowest BCUT2D eigenvalue weighted by atomic mass is 10.1. The van der Waals surface area contributed by atoms with Crippen LogP contribution in [0, 0.1) is 0 Å². The molecule has 4 amide bonds. The van der Waals surface area contributed by atoms with Crippen LogP contribution in [0.1, 0.15) is 19.3 Å². The summed E-state index contributed by atoms with van der Waals surface area (Å²) in [7, 11) is 0. The third kappa shape index (κ3) is 10.0. The number of carboxylic acids is 2. The smallest absolute Gasteiger partial charge is 0.326 e. The Hall–Kier alpha value is -2.91. The molecule has 0 aromatic rings. The average molecular weight is 451 g/mol. The van der Waals surface area contributed by atoms with Crippen LogP contribution in [0.3, 0.4) is 0 Å². The number of carboxylic acid groups (broad SMARTS) is 2. The van der Waals surface area contributed by atoms with Gasteiger partial charge in [-0.25, -0.2) is 4.79 Å². The van der Waals surface area contributed by atoms with Crippen molar-refractivity contribution in [1.29, 1.82) is 0 Å². The third-order valence-electron chi connectivity index (χ3n) is 3.65. The topological polar surface area (TPSA) is 251 Å². The molecule has 0 spiro atoms. The molecule has 0 aliphatic rings. The lowest BCUT2D eigenvalue weighted by Crippen LogP contribution is -2.58. The van der Waals surface area contributed by atoms with E-state index >= 15 is 0 Å². The summed E-state index contributed by atoms with van der Waals surface area (Å²) < 4.78 is 0. The van der Waals surface area contributed by atoms with Crippen LogP contribution in [0.4, 0.5) is 0 Å². The summed E-state index contributed by atoms with van der Waals surface area (Å²) in [4.78, 5) is 69.4. The van der Waals surface area contributed by atoms with Crippen molar-refractivity contribution in [3.05, 3.63) is 0 Å². The fourth-order valence-electron chi connectivity index (χ4n) is 2.03. The van der Waals surface area contributed by atoms with Crippen LogP contribution in [0.5, 0.6) is 0 Å². The molecule has 14 nitrogen and oxygen atoms in total. The van der Waals surface area contributed by atoms with E-state index in [9.17, 15) is 28.8 Å². The minimum atomic E-state index is -1.79. The summed E-state index contributed by atoms with van der Waals surface area (Å²) in [6.07, 6.45) is -1.61. The largest absolute Gasteiger partial charge is 0.481 e. The highest BCUT2D eigenvalue weighted by Crippen LogP contribution is 2.02. The van der Waals surface area contributed by atoms with Crippen LogP contribution < -0.4 is 27.4 Å². The first kappa shape index (κ1) is 27.1. The van der Waals surface area contributed by atoms with Crippen LogP contribution in [0.15, 0.2) is 0 Å². The van der Waals surface area contributed by atoms with Crippen molar-refractivity contribution in [1.82, 2.24) is 16.0 Å². The van der Waals surface area contributed by atoms with Gasteiger partial charge in [0.1, 0.15) is 24.2 Å². The molecule has 0 aliphatic carbocycles. The van der Waals surface area contributed by atoms with Crippen molar-refractivity contribution >= 4 is 48.2 Å². The van der Waals surface area contributed by atoms with Gasteiger partial charge >= 0.3 is 11.9 Å². The highest BCUT2D eigenvalue weighted by Gasteiger charge is 2.30. The van der Waals surface area contributed by atoms with Gasteiger partial charge in [-0.05, 0) is 6.42 Å². The maximum Gasteiger partial charge on any atom is 0.326 e. The van der Waals surface area contributed by atoms with Crippen molar-refractivity contribution < 1.29 is 44.1 Å². The lowest BCUT2D eigenvalue weighted by Gasteiger charge is -2.24. The molecule has 170 valence electrons. The van der Waals surface area contributed by atoms with Gasteiger partial charge in [0.05, 0.1) is 13.0 Å². The molecule has 0 heterocycles. The monoisotopic (exact) mass is 451 g/mol. The van der Waals surface area contributed by atoms with Gasteiger partial charge in [0.2, 0.25) is 23.6 Å². The Morgan fingerprint density at radius 2 is 1.37 bits per heavy atom. The van der Waals surface area contributed by atoms with E-state index in [-0.39, 0.29) is 18.6 Å². The molecule has 0 aromatic heterocycles. The van der Waals surface area contributed by atoms with Gasteiger partial charge in [-0.15, -0.1) is 0 Å². The summed E-state index contributed by atoms with van der Waals surface area (Å²) in [5.41, 5.74) is 10.4. The quantitative estimate of drug-likeness (QED) is 0.114. The molecule has 30 heavy (non-hydrogen) atoms. The number of carbonyl (C=O) groups excluding carboxylic acids is 4. The molecule has 4 atom stereocenters. The fraction of sp³-hybridized carbons (Fsp3) is 0.600. The Bertz CT molecular complexity index is 675. The van der Waals surface area contributed by atoms with Crippen molar-refractivity contribution in [2.75, 3.05) is 12.4 Å². The number of aliphatic hydroxyl groups is 1. The standard InChI is InChI=1S/C15H25N5O9S/c16-6(4-21)12(25)20-9(5-30)14(27)18-7(1-2-10(17)22)13(26)19-8(15(28)29)3-11(23)24/h6-9,21,30H,1-5,16H2,(H2,17,22)(H,18,27)(H,19,26)(H,20,25)(H,23,24)(H,28,29). The number of thiol groups is 1. The van der Waals surface area contributed by atoms with E-state index in [1.165, 1.54) is 0 Å². The third-order valence-corrected chi connectivity index (χ3v) is 4.02. The number of nitrogens with two attached hydrogens (primary N) is 2. The van der Waals surface area contributed by atoms with Gasteiger partial charge in [-0.2, -0.15) is 12.6 Å². The van der Waals surface area contributed by atoms with Crippen LogP contribution in [0.25, 0.3) is 0 Å². The predicted octanol–water partition coefficient (Wildman–Crippen LogP) is -4.48. The lowest BCUT2D eigenvalue weighted by molar-refractivity contribution is -0.147. The van der Waals surface area contributed by atoms with Gasteiger partial charge in [0.25, 0.3) is 0 Å². The van der Waals surface area contributed by atoms with Gasteiger partial charge in [0, 0.05) is 12.2 Å². The van der Waals surface area contributed by atoms with E-state index in [1.807, 2.05) is 5.32 Å². The number of aliphatic carboxylic acids is 2. The number of primary amides is 1. The second kappa shape index (κ2) is 13.3. The number of hydrogen-bond donors (Lipinski definition) is 9. The molecule has 0 saturated heterocycles. The molecule has 4 unspecified atom stereocenters. The molecular formula is C15H25N5O9S. The molecule has 0 saturated carbocycles. The van der Waals surface area contributed by atoms with Crippen molar-refractivity contribution in [3.8, 4) is 0 Å². The van der Waals surface area contributed by atoms with E-state index < -0.39 is 72.8 Å². The highest BCUT2D eigenvalue weighted by molar-refractivity contribution is 7.80. The maximum absolute atomic E-state index is 12.4. The fourth-order valence-corrected chi connectivity index (χ4v) is 2.29. The van der Waals surface area contributed by atoms with Crippen molar-refractivity contribution in [3.63, 3.8) is 0 Å². The summed E-state index contributed by atoms with van der Waals surface area (Å²) in [6.45, 7) is -0.684. The highest BCUT2D eigenvalue weighted by atomic mass is 32.1. The van der Waals surface area contributed by atoms with Gasteiger partial charge in [-0.1, -0.05) is 0 Å². The number of aliphatic hydroxyl groups excluding tert-OH is 1. The maximum atomic E-state index is 12.4. The second-order valence-electron chi connectivity index (χ2n) is 6.10. The van der Waals surface area contributed by atoms with Gasteiger partial charge in [0.15, 0.2) is 0 Å². The molecular weight excluding hydrogens is 426 g/mol. The second-order valence-corrected chi connectivity index (χ2v) is 6.46. The average Bonchev–Trinajstić information content (AvgIpc) is 2.66. The Balaban J connectivity index is 5.34. The Morgan fingerprint density at radius 3 is 1.80 bits per heavy atom. The van der Waals surface area contributed by atoms with Gasteiger partial charge in [-0.3, -0.25) is 24.0 Å². The molecule has 15 heteroatoms. The molecule has 0 aromatic carbocycles. The Morgan fingerprint density at radius 1 is 0.867 bits per heavy atom. The Kier molecular flexibility index (Phi) is 12.0. The van der Waals surface area contributed by atoms with E-state index in [0.717, 1.165) is 0 Å². The molecule has 0 aliphatic heterocycles. The minimum Gasteiger partial charge on any atom is -0.481 e. The number of hydrogen-bond acceptors (Lipinski definition) is 9. The van der Waals surface area contributed by atoms with E-state index in [2.05, 4.69) is 23.3 Å². The first-order chi connectivity index (χ1) is 13.9. The molecule has 0 rings (SSSR count). The van der Waals surface area contributed by atoms with Crippen LogP contribution in [-0.4, -0.2) is 87.4 Å². The number of nitrogens with one attached hydrogen (secondary N) is 3. The van der Waals surface area contributed by atoms with E-state index in [0.29, 0.717) is 0 Å². The minimum absolute atomic E-state index is 0.226. The zero-order chi connectivity index (χ0) is 23.4. The molecule has 10 N–H and O–H groups in total. The molecule has 0 fully saturated rings. The van der Waals surface area contributed by atoms with Crippen molar-refractivity contribution in [2.24, 2.45) is 11.5 Å². The summed E-state index contributed by atoms with van der Waals surface area (Å²) >= 11 is 3.91. The molecule has 0 radical (unpaired) electrons. The normalized spacial score (nSPS) is 14.5. The zero-order valence-electron chi connectivity index (χ0n) is 15.7. The summed E-state index contributed by atoms with van der Waals surface area (Å²) in [5.74, 6) is -7.00. The molecule has 0 bridgehead atoms. The van der Waals surface area contributed by atoms with E-state index in [4.69, 9.17) is 26.8 Å². The van der Waals surface area contributed by atoms with Crippen LogP contribution in [-0.2, 0) is 28.8 Å². The number of carbonyl (C=O) groups is 6. The van der Waals surface area contributed by atoms with Crippen LogP contribution >= 0.6 is 12.6 Å². The SMILES string of the molecule is NC(=O)CCC(NC(=O)C(CS)NC(=O)C(N)CO)C(=O)NC(CC(=O)O)C(=O)O.